The molecule has 1 amide bonds. The smallest absolute Gasteiger partial charge is 0.254 e. The maximum atomic E-state index is 13.6. The van der Waals surface area contributed by atoms with Crippen LogP contribution < -0.4 is 20.3 Å². The highest BCUT2D eigenvalue weighted by atomic mass is 35.5. The molecule has 0 spiro atoms. The molecule has 0 aliphatic carbocycles. The Balaban J connectivity index is 1.36. The SMILES string of the molecule is O=C(Nc1ccc2c(c1)OCO2)C(Cc1ccccc1)n1cnc(-c2cc(Cl)ccc2-n2cc(Cl)nn2)cc1=O. The van der Waals surface area contributed by atoms with Crippen LogP contribution in [0.1, 0.15) is 11.6 Å². The van der Waals surface area contributed by atoms with E-state index >= 15 is 0 Å². The Morgan fingerprint density at radius 1 is 1.00 bits per heavy atom. The van der Waals surface area contributed by atoms with E-state index in [0.717, 1.165) is 5.56 Å². The van der Waals surface area contributed by atoms with Gasteiger partial charge in [-0.25, -0.2) is 9.67 Å². The summed E-state index contributed by atoms with van der Waals surface area (Å²) in [5.41, 5.74) is 2.44. The molecule has 12 heteroatoms. The number of ether oxygens (including phenoxy) is 2. The van der Waals surface area contributed by atoms with Gasteiger partial charge in [-0.15, -0.1) is 5.10 Å². The number of hydrogen-bond acceptors (Lipinski definition) is 7. The molecule has 40 heavy (non-hydrogen) atoms. The fourth-order valence-corrected chi connectivity index (χ4v) is 4.72. The van der Waals surface area contributed by atoms with Crippen LogP contribution in [0.15, 0.2) is 90.1 Å². The van der Waals surface area contributed by atoms with Crippen LogP contribution in [-0.4, -0.2) is 37.2 Å². The number of hydrogen-bond donors (Lipinski definition) is 1. The van der Waals surface area contributed by atoms with Crippen molar-refractivity contribution in [3.63, 3.8) is 0 Å². The molecule has 0 fully saturated rings. The van der Waals surface area contributed by atoms with Gasteiger partial charge in [-0.05, 0) is 35.9 Å². The highest BCUT2D eigenvalue weighted by Gasteiger charge is 2.24. The standard InChI is InChI=1S/C28H20Cl2N6O4/c29-18-6-8-22(36-14-26(30)33-34-36)20(11-18)21-13-27(37)35(15-31-21)23(10-17-4-2-1-3-5-17)28(38)32-19-7-9-24-25(12-19)40-16-39-24/h1-9,11-15,23H,10,16H2,(H,32,38). The van der Waals surface area contributed by atoms with Crippen molar-refractivity contribution in [2.24, 2.45) is 0 Å². The first-order valence-electron chi connectivity index (χ1n) is 12.2. The van der Waals surface area contributed by atoms with Crippen molar-refractivity contribution in [3.05, 3.63) is 111 Å². The third-order valence-corrected chi connectivity index (χ3v) is 6.74. The lowest BCUT2D eigenvalue weighted by molar-refractivity contribution is -0.119. The molecule has 0 saturated heterocycles. The summed E-state index contributed by atoms with van der Waals surface area (Å²) in [5.74, 6) is 0.745. The molecule has 1 N–H and O–H groups in total. The highest BCUT2D eigenvalue weighted by molar-refractivity contribution is 6.31. The third kappa shape index (κ3) is 5.27. The molecule has 2 aromatic heterocycles. The quantitative estimate of drug-likeness (QED) is 0.292. The topological polar surface area (TPSA) is 113 Å². The van der Waals surface area contributed by atoms with Crippen molar-refractivity contribution in [1.29, 1.82) is 0 Å². The summed E-state index contributed by atoms with van der Waals surface area (Å²) in [4.78, 5) is 31.6. The summed E-state index contributed by atoms with van der Waals surface area (Å²) in [7, 11) is 0. The van der Waals surface area contributed by atoms with E-state index in [-0.39, 0.29) is 24.3 Å². The molecule has 0 bridgehead atoms. The molecule has 10 nitrogen and oxygen atoms in total. The van der Waals surface area contributed by atoms with E-state index in [0.29, 0.717) is 39.2 Å². The predicted octanol–water partition coefficient (Wildman–Crippen LogP) is 4.95. The van der Waals surface area contributed by atoms with Crippen LogP contribution in [0.5, 0.6) is 11.5 Å². The highest BCUT2D eigenvalue weighted by Crippen LogP contribution is 2.34. The van der Waals surface area contributed by atoms with Gasteiger partial charge in [0.15, 0.2) is 16.7 Å². The van der Waals surface area contributed by atoms with Crippen LogP contribution in [0, 0.1) is 0 Å². The van der Waals surface area contributed by atoms with Gasteiger partial charge in [0.1, 0.15) is 6.04 Å². The second kappa shape index (κ2) is 10.8. The van der Waals surface area contributed by atoms with Gasteiger partial charge < -0.3 is 14.8 Å². The van der Waals surface area contributed by atoms with Crippen LogP contribution in [-0.2, 0) is 11.2 Å². The minimum atomic E-state index is -0.894. The molecule has 0 radical (unpaired) electrons. The molecule has 5 aromatic rings. The van der Waals surface area contributed by atoms with Gasteiger partial charge in [-0.3, -0.25) is 14.2 Å². The van der Waals surface area contributed by atoms with E-state index < -0.39 is 11.6 Å². The monoisotopic (exact) mass is 574 g/mol. The zero-order valence-electron chi connectivity index (χ0n) is 20.7. The minimum Gasteiger partial charge on any atom is -0.454 e. The van der Waals surface area contributed by atoms with E-state index in [1.807, 2.05) is 30.3 Å². The van der Waals surface area contributed by atoms with Crippen molar-refractivity contribution in [3.8, 4) is 28.4 Å². The fourth-order valence-electron chi connectivity index (χ4n) is 4.42. The molecule has 0 saturated carbocycles. The first-order valence-corrected chi connectivity index (χ1v) is 12.9. The van der Waals surface area contributed by atoms with Gasteiger partial charge in [0.25, 0.3) is 5.56 Å². The zero-order valence-corrected chi connectivity index (χ0v) is 22.2. The van der Waals surface area contributed by atoms with Gasteiger partial charge in [-0.2, -0.15) is 0 Å². The molecule has 3 heterocycles. The predicted molar refractivity (Wildman–Crippen MR) is 149 cm³/mol. The minimum absolute atomic E-state index is 0.120. The van der Waals surface area contributed by atoms with E-state index in [2.05, 4.69) is 20.6 Å². The maximum absolute atomic E-state index is 13.6. The average molecular weight is 575 g/mol. The summed E-state index contributed by atoms with van der Waals surface area (Å²) < 4.78 is 13.6. The van der Waals surface area contributed by atoms with Gasteiger partial charge in [-0.1, -0.05) is 58.7 Å². The van der Waals surface area contributed by atoms with Crippen molar-refractivity contribution in [2.45, 2.75) is 12.5 Å². The number of aromatic nitrogens is 5. The number of nitrogens with zero attached hydrogens (tertiary/aromatic N) is 5. The second-order valence-corrected chi connectivity index (χ2v) is 9.75. The first kappa shape index (κ1) is 25.6. The number of halogens is 2. The summed E-state index contributed by atoms with van der Waals surface area (Å²) >= 11 is 12.2. The average Bonchev–Trinajstić information content (AvgIpc) is 3.61. The molecule has 200 valence electrons. The van der Waals surface area contributed by atoms with E-state index in [4.69, 9.17) is 32.7 Å². The Bertz CT molecular complexity index is 1770. The number of amides is 1. The number of fused-ring (bicyclic) bond motifs is 1. The molecule has 1 unspecified atom stereocenters. The molecular formula is C28H20Cl2N6O4. The van der Waals surface area contributed by atoms with Crippen LogP contribution in [0.25, 0.3) is 16.9 Å². The van der Waals surface area contributed by atoms with Gasteiger partial charge in [0.2, 0.25) is 12.7 Å². The van der Waals surface area contributed by atoms with Crippen LogP contribution in [0.2, 0.25) is 10.2 Å². The Kier molecular flexibility index (Phi) is 6.93. The lowest BCUT2D eigenvalue weighted by Gasteiger charge is -2.20. The molecule has 1 atom stereocenters. The Morgan fingerprint density at radius 3 is 2.60 bits per heavy atom. The van der Waals surface area contributed by atoms with Crippen molar-refractivity contribution < 1.29 is 14.3 Å². The van der Waals surface area contributed by atoms with Gasteiger partial charge >= 0.3 is 0 Å². The summed E-state index contributed by atoms with van der Waals surface area (Å²) in [5, 5.41) is 11.4. The van der Waals surface area contributed by atoms with Crippen molar-refractivity contribution in [2.75, 3.05) is 12.1 Å². The number of anilines is 1. The lowest BCUT2D eigenvalue weighted by Crippen LogP contribution is -2.34. The summed E-state index contributed by atoms with van der Waals surface area (Å²) in [6.45, 7) is 0.120. The van der Waals surface area contributed by atoms with Crippen LogP contribution in [0.4, 0.5) is 5.69 Å². The molecule has 3 aromatic carbocycles. The van der Waals surface area contributed by atoms with E-state index in [9.17, 15) is 9.59 Å². The lowest BCUT2D eigenvalue weighted by atomic mass is 10.0. The molecular weight excluding hydrogens is 555 g/mol. The van der Waals surface area contributed by atoms with Crippen molar-refractivity contribution in [1.82, 2.24) is 24.5 Å². The largest absolute Gasteiger partial charge is 0.454 e. The number of rotatable bonds is 7. The summed E-state index contributed by atoms with van der Waals surface area (Å²) in [6.07, 6.45) is 3.16. The second-order valence-electron chi connectivity index (χ2n) is 8.93. The third-order valence-electron chi connectivity index (χ3n) is 6.33. The van der Waals surface area contributed by atoms with Gasteiger partial charge in [0, 0.05) is 34.8 Å². The number of carbonyl (C=O) groups is 1. The Hall–Kier alpha value is -4.67. The first-order chi connectivity index (χ1) is 19.4. The molecule has 6 rings (SSSR count). The normalized spacial score (nSPS) is 12.8. The Morgan fingerprint density at radius 2 is 1.82 bits per heavy atom. The fraction of sp³-hybridized carbons (Fsp3) is 0.107. The zero-order chi connectivity index (χ0) is 27.6. The van der Waals surface area contributed by atoms with Crippen LogP contribution >= 0.6 is 23.2 Å². The van der Waals surface area contributed by atoms with Crippen LogP contribution in [0.3, 0.4) is 0 Å². The van der Waals surface area contributed by atoms with Crippen molar-refractivity contribution >= 4 is 34.8 Å². The number of carbonyl (C=O) groups excluding carboxylic acids is 1. The molecule has 1 aliphatic heterocycles. The Labute approximate surface area is 237 Å². The number of nitrogens with one attached hydrogen (secondary N) is 1. The molecule has 1 aliphatic rings. The van der Waals surface area contributed by atoms with E-state index in [1.54, 1.807) is 36.4 Å². The van der Waals surface area contributed by atoms with E-state index in [1.165, 1.54) is 27.8 Å². The summed E-state index contributed by atoms with van der Waals surface area (Å²) in [6, 6.07) is 20.1. The maximum Gasteiger partial charge on any atom is 0.254 e. The van der Waals surface area contributed by atoms with Gasteiger partial charge in [0.05, 0.1) is 23.9 Å². The number of benzene rings is 3.